The molecule has 2 rings (SSSR count). The molecule has 7 heteroatoms. The maximum absolute atomic E-state index is 12.5. The highest BCUT2D eigenvalue weighted by Crippen LogP contribution is 2.13. The number of nitrogens with zero attached hydrogens (tertiary/aromatic N) is 2. The summed E-state index contributed by atoms with van der Waals surface area (Å²) >= 11 is 1.40. The molecule has 0 bridgehead atoms. The highest BCUT2D eigenvalue weighted by Gasteiger charge is 2.22. The van der Waals surface area contributed by atoms with Crippen LogP contribution in [0.3, 0.4) is 0 Å². The zero-order valence-corrected chi connectivity index (χ0v) is 16.2. The number of carbonyl (C=O) groups excluding carboxylic acids is 2. The van der Waals surface area contributed by atoms with Gasteiger partial charge in [-0.15, -0.1) is 11.3 Å². The molecule has 2 amide bonds. The molecule has 140 valence electrons. The van der Waals surface area contributed by atoms with E-state index in [1.807, 2.05) is 44.4 Å². The van der Waals surface area contributed by atoms with Gasteiger partial charge in [0.05, 0.1) is 11.4 Å². The van der Waals surface area contributed by atoms with Crippen molar-refractivity contribution in [2.75, 3.05) is 13.1 Å². The van der Waals surface area contributed by atoms with E-state index in [2.05, 4.69) is 10.3 Å². The Morgan fingerprint density at radius 1 is 1.27 bits per heavy atom. The van der Waals surface area contributed by atoms with E-state index < -0.39 is 5.60 Å². The van der Waals surface area contributed by atoms with Crippen molar-refractivity contribution in [3.63, 3.8) is 0 Å². The Kier molecular flexibility index (Phi) is 7.15. The number of nitrogens with one attached hydrogen (secondary N) is 1. The number of hydrogen-bond acceptors (Lipinski definition) is 5. The van der Waals surface area contributed by atoms with Gasteiger partial charge in [0.1, 0.15) is 5.60 Å². The van der Waals surface area contributed by atoms with Crippen LogP contribution in [0, 0.1) is 0 Å². The highest BCUT2D eigenvalue weighted by atomic mass is 32.1. The van der Waals surface area contributed by atoms with E-state index in [9.17, 15) is 9.59 Å². The first-order valence-electron chi connectivity index (χ1n) is 8.54. The molecule has 2 aromatic heterocycles. The van der Waals surface area contributed by atoms with Gasteiger partial charge in [-0.3, -0.25) is 9.78 Å². The Balaban J connectivity index is 1.88. The molecular formula is C19H25N3O3S. The van der Waals surface area contributed by atoms with Crippen LogP contribution in [0.5, 0.6) is 0 Å². The average molecular weight is 375 g/mol. The number of hydrogen-bond donors (Lipinski definition) is 1. The van der Waals surface area contributed by atoms with Crippen molar-refractivity contribution >= 4 is 23.3 Å². The van der Waals surface area contributed by atoms with Crippen molar-refractivity contribution in [1.82, 2.24) is 15.2 Å². The summed E-state index contributed by atoms with van der Waals surface area (Å²) in [5.41, 5.74) is 0.374. The monoisotopic (exact) mass is 375 g/mol. The van der Waals surface area contributed by atoms with Gasteiger partial charge in [0.15, 0.2) is 0 Å². The minimum atomic E-state index is -0.558. The molecular weight excluding hydrogens is 350 g/mol. The molecule has 0 radical (unpaired) electrons. The fourth-order valence-corrected chi connectivity index (χ4v) is 2.88. The first kappa shape index (κ1) is 19.9. The van der Waals surface area contributed by atoms with Gasteiger partial charge >= 0.3 is 6.09 Å². The molecule has 0 spiro atoms. The summed E-state index contributed by atoms with van der Waals surface area (Å²) in [6, 6.07) is 7.39. The number of aromatic nitrogens is 1. The second-order valence-electron chi connectivity index (χ2n) is 6.85. The SMILES string of the molecule is CC(C)(C)OC(=O)N(CCCNC(=O)c1cccs1)Cc1cccnc1. The summed E-state index contributed by atoms with van der Waals surface area (Å²) in [5, 5.41) is 4.74. The third-order valence-corrected chi connectivity index (χ3v) is 4.25. The molecule has 0 aromatic carbocycles. The Hall–Kier alpha value is -2.41. The van der Waals surface area contributed by atoms with Gasteiger partial charge in [0.25, 0.3) is 5.91 Å². The standard InChI is InChI=1S/C19H25N3O3S/c1-19(2,3)25-18(24)22(14-15-7-4-9-20-13-15)11-6-10-21-17(23)16-8-5-12-26-16/h4-5,7-9,12-13H,6,10-11,14H2,1-3H3,(H,21,23). The number of ether oxygens (including phenoxy) is 1. The Bertz CT molecular complexity index is 697. The first-order valence-corrected chi connectivity index (χ1v) is 9.41. The largest absolute Gasteiger partial charge is 0.444 e. The number of thiophene rings is 1. The summed E-state index contributed by atoms with van der Waals surface area (Å²) in [5.74, 6) is -0.0870. The van der Waals surface area contributed by atoms with Gasteiger partial charge < -0.3 is 15.0 Å². The fourth-order valence-electron chi connectivity index (χ4n) is 2.24. The lowest BCUT2D eigenvalue weighted by Crippen LogP contribution is -2.38. The fraction of sp³-hybridized carbons (Fsp3) is 0.421. The van der Waals surface area contributed by atoms with Crippen molar-refractivity contribution in [1.29, 1.82) is 0 Å². The molecule has 1 N–H and O–H groups in total. The Morgan fingerprint density at radius 2 is 2.08 bits per heavy atom. The molecule has 0 aliphatic carbocycles. The number of pyridine rings is 1. The predicted octanol–water partition coefficient (Wildman–Crippen LogP) is 3.70. The highest BCUT2D eigenvalue weighted by molar-refractivity contribution is 7.12. The molecule has 2 aromatic rings. The van der Waals surface area contributed by atoms with Crippen molar-refractivity contribution in [3.05, 3.63) is 52.5 Å². The number of carbonyl (C=O) groups is 2. The van der Waals surface area contributed by atoms with Gasteiger partial charge in [-0.2, -0.15) is 0 Å². The molecule has 0 saturated heterocycles. The van der Waals surface area contributed by atoms with Gasteiger partial charge in [0, 0.05) is 25.5 Å². The minimum Gasteiger partial charge on any atom is -0.444 e. The van der Waals surface area contributed by atoms with E-state index in [1.165, 1.54) is 11.3 Å². The molecule has 0 fully saturated rings. The lowest BCUT2D eigenvalue weighted by atomic mass is 10.2. The zero-order valence-electron chi connectivity index (χ0n) is 15.4. The molecule has 0 aliphatic heterocycles. The Morgan fingerprint density at radius 3 is 2.69 bits per heavy atom. The van der Waals surface area contributed by atoms with Crippen LogP contribution in [-0.4, -0.2) is 40.6 Å². The number of rotatable bonds is 7. The van der Waals surface area contributed by atoms with Crippen molar-refractivity contribution < 1.29 is 14.3 Å². The topological polar surface area (TPSA) is 71.5 Å². The molecule has 0 unspecified atom stereocenters. The second kappa shape index (κ2) is 9.33. The van der Waals surface area contributed by atoms with Crippen LogP contribution >= 0.6 is 11.3 Å². The van der Waals surface area contributed by atoms with Crippen molar-refractivity contribution in [3.8, 4) is 0 Å². The van der Waals surface area contributed by atoms with Crippen LogP contribution in [0.4, 0.5) is 4.79 Å². The molecule has 0 atom stereocenters. The molecule has 26 heavy (non-hydrogen) atoms. The van der Waals surface area contributed by atoms with Crippen LogP contribution in [0.1, 0.15) is 42.4 Å². The first-order chi connectivity index (χ1) is 12.3. The summed E-state index contributed by atoms with van der Waals surface area (Å²) in [7, 11) is 0. The van der Waals surface area contributed by atoms with E-state index in [4.69, 9.17) is 4.74 Å². The summed E-state index contributed by atoms with van der Waals surface area (Å²) in [4.78, 5) is 30.8. The smallest absolute Gasteiger partial charge is 0.410 e. The van der Waals surface area contributed by atoms with Crippen LogP contribution in [0.2, 0.25) is 0 Å². The lowest BCUT2D eigenvalue weighted by molar-refractivity contribution is 0.0232. The zero-order chi connectivity index (χ0) is 19.0. The summed E-state index contributed by atoms with van der Waals surface area (Å²) in [6.45, 7) is 6.91. The maximum Gasteiger partial charge on any atom is 0.410 e. The third-order valence-electron chi connectivity index (χ3n) is 3.38. The van der Waals surface area contributed by atoms with Gasteiger partial charge in [-0.05, 0) is 50.3 Å². The van der Waals surface area contributed by atoms with Crippen molar-refractivity contribution in [2.24, 2.45) is 0 Å². The van der Waals surface area contributed by atoms with E-state index in [0.29, 0.717) is 30.9 Å². The van der Waals surface area contributed by atoms with Crippen LogP contribution in [-0.2, 0) is 11.3 Å². The van der Waals surface area contributed by atoms with Gasteiger partial charge in [-0.25, -0.2) is 4.79 Å². The van der Waals surface area contributed by atoms with Crippen LogP contribution < -0.4 is 5.32 Å². The lowest BCUT2D eigenvalue weighted by Gasteiger charge is -2.27. The molecule has 0 saturated carbocycles. The van der Waals surface area contributed by atoms with E-state index in [1.54, 1.807) is 23.4 Å². The van der Waals surface area contributed by atoms with E-state index >= 15 is 0 Å². The third kappa shape index (κ3) is 6.84. The predicted molar refractivity (Wildman–Crippen MR) is 102 cm³/mol. The maximum atomic E-state index is 12.5. The molecule has 6 nitrogen and oxygen atoms in total. The van der Waals surface area contributed by atoms with E-state index in [0.717, 1.165) is 5.56 Å². The summed E-state index contributed by atoms with van der Waals surface area (Å²) in [6.07, 6.45) is 3.69. The van der Waals surface area contributed by atoms with Gasteiger partial charge in [0.2, 0.25) is 0 Å². The van der Waals surface area contributed by atoms with Crippen molar-refractivity contribution in [2.45, 2.75) is 39.3 Å². The molecule has 2 heterocycles. The second-order valence-corrected chi connectivity index (χ2v) is 7.80. The summed E-state index contributed by atoms with van der Waals surface area (Å²) < 4.78 is 5.49. The van der Waals surface area contributed by atoms with Gasteiger partial charge in [-0.1, -0.05) is 12.1 Å². The van der Waals surface area contributed by atoms with Crippen LogP contribution in [0.25, 0.3) is 0 Å². The minimum absolute atomic E-state index is 0.0870. The number of amides is 2. The van der Waals surface area contributed by atoms with Crippen LogP contribution in [0.15, 0.2) is 42.0 Å². The molecule has 0 aliphatic rings. The quantitative estimate of drug-likeness (QED) is 0.749. The Labute approximate surface area is 158 Å². The average Bonchev–Trinajstić information content (AvgIpc) is 3.11. The normalized spacial score (nSPS) is 11.0. The van der Waals surface area contributed by atoms with E-state index in [-0.39, 0.29) is 12.0 Å².